The number of nitrogens with zero attached hydrogens (tertiary/aromatic N) is 4. The lowest BCUT2D eigenvalue weighted by Gasteiger charge is -2.25. The number of anilines is 1. The number of hydrogen-bond donors (Lipinski definition) is 3. The van der Waals surface area contributed by atoms with Crippen molar-refractivity contribution in [2.24, 2.45) is 11.7 Å². The third-order valence-electron chi connectivity index (χ3n) is 5.15. The molecule has 12 heteroatoms. The van der Waals surface area contributed by atoms with Crippen LogP contribution in [0.5, 0.6) is 0 Å². The number of nitrogen functional groups attached to an aromatic ring is 1. The Morgan fingerprint density at radius 1 is 1.45 bits per heavy atom. The molecule has 0 bridgehead atoms. The van der Waals surface area contributed by atoms with E-state index in [1.165, 1.54) is 23.8 Å². The fourth-order valence-corrected chi connectivity index (χ4v) is 3.36. The van der Waals surface area contributed by atoms with Crippen LogP contribution in [-0.2, 0) is 29.4 Å². The smallest absolute Gasteiger partial charge is 0.323 e. The quantitative estimate of drug-likeness (QED) is 0.487. The number of fused-ring (bicyclic) bond motifs is 1. The van der Waals surface area contributed by atoms with Crippen molar-refractivity contribution >= 4 is 23.3 Å². The first kappa shape index (κ1) is 22.4. The number of nitrogens with two attached hydrogens (primary N) is 2. The fourth-order valence-electron chi connectivity index (χ4n) is 3.36. The SMILES string of the molecule is CC(=O)OC[C@H]1O[C@@](C#N)(c2ccc3c(N)ncnn23)[C@H](O)[C@@H]1OC(=O)[C@@H](N)C(C)C. The van der Waals surface area contributed by atoms with Gasteiger partial charge in [0.05, 0.1) is 5.69 Å². The molecule has 0 amide bonds. The van der Waals surface area contributed by atoms with Crippen LogP contribution in [0.2, 0.25) is 0 Å². The number of carbonyl (C=O) groups excluding carboxylic acids is 2. The van der Waals surface area contributed by atoms with Crippen molar-refractivity contribution in [3.8, 4) is 6.07 Å². The molecule has 0 aliphatic carbocycles. The molecule has 0 unspecified atom stereocenters. The molecule has 166 valence electrons. The highest BCUT2D eigenvalue weighted by atomic mass is 16.6. The fraction of sp³-hybridized carbons (Fsp3) is 0.526. The van der Waals surface area contributed by atoms with Crippen LogP contribution in [0.3, 0.4) is 0 Å². The third-order valence-corrected chi connectivity index (χ3v) is 5.15. The molecular weight excluding hydrogens is 408 g/mol. The Morgan fingerprint density at radius 3 is 2.77 bits per heavy atom. The lowest BCUT2D eigenvalue weighted by Crippen LogP contribution is -2.46. The number of aliphatic hydroxyl groups excluding tert-OH is 1. The Hall–Kier alpha value is -3.27. The Balaban J connectivity index is 2.03. The number of aliphatic hydroxyl groups is 1. The molecule has 1 aliphatic rings. The zero-order chi connectivity index (χ0) is 22.9. The van der Waals surface area contributed by atoms with Gasteiger partial charge in [0.25, 0.3) is 0 Å². The van der Waals surface area contributed by atoms with Crippen molar-refractivity contribution in [2.45, 2.75) is 50.7 Å². The van der Waals surface area contributed by atoms with Crippen molar-refractivity contribution in [1.82, 2.24) is 14.6 Å². The first-order chi connectivity index (χ1) is 14.6. The predicted molar refractivity (Wildman–Crippen MR) is 105 cm³/mol. The summed E-state index contributed by atoms with van der Waals surface area (Å²) in [6.07, 6.45) is -2.92. The second-order valence-corrected chi connectivity index (χ2v) is 7.58. The summed E-state index contributed by atoms with van der Waals surface area (Å²) >= 11 is 0. The zero-order valence-electron chi connectivity index (χ0n) is 17.3. The summed E-state index contributed by atoms with van der Waals surface area (Å²) < 4.78 is 17.6. The summed E-state index contributed by atoms with van der Waals surface area (Å²) in [6.45, 7) is 4.31. The number of rotatable bonds is 6. The maximum atomic E-state index is 12.5. The number of aromatic nitrogens is 3. The van der Waals surface area contributed by atoms with E-state index in [2.05, 4.69) is 10.1 Å². The maximum absolute atomic E-state index is 12.5. The van der Waals surface area contributed by atoms with Gasteiger partial charge < -0.3 is 30.8 Å². The van der Waals surface area contributed by atoms with Gasteiger partial charge in [-0.3, -0.25) is 9.59 Å². The maximum Gasteiger partial charge on any atom is 0.323 e. The lowest BCUT2D eigenvalue weighted by atomic mass is 9.92. The topological polar surface area (TPSA) is 188 Å². The zero-order valence-corrected chi connectivity index (χ0v) is 17.3. The highest BCUT2D eigenvalue weighted by Crippen LogP contribution is 2.41. The van der Waals surface area contributed by atoms with E-state index in [0.29, 0.717) is 5.52 Å². The molecule has 0 spiro atoms. The minimum absolute atomic E-state index is 0.145. The molecule has 1 fully saturated rings. The van der Waals surface area contributed by atoms with Crippen molar-refractivity contribution in [3.05, 3.63) is 24.2 Å². The Bertz CT molecular complexity index is 1030. The summed E-state index contributed by atoms with van der Waals surface area (Å²) in [4.78, 5) is 27.7. The molecule has 0 radical (unpaired) electrons. The van der Waals surface area contributed by atoms with E-state index in [0.717, 1.165) is 0 Å². The number of carbonyl (C=O) groups is 2. The molecule has 5 N–H and O–H groups in total. The van der Waals surface area contributed by atoms with Gasteiger partial charge in [-0.05, 0) is 18.1 Å². The molecule has 1 saturated heterocycles. The van der Waals surface area contributed by atoms with Crippen LogP contribution in [-0.4, -0.2) is 62.6 Å². The number of nitriles is 1. The van der Waals surface area contributed by atoms with E-state index >= 15 is 0 Å². The molecule has 5 atom stereocenters. The van der Waals surface area contributed by atoms with E-state index in [-0.39, 0.29) is 24.0 Å². The minimum Gasteiger partial charge on any atom is -0.463 e. The second kappa shape index (κ2) is 8.46. The van der Waals surface area contributed by atoms with Crippen LogP contribution < -0.4 is 11.5 Å². The minimum atomic E-state index is -2.00. The first-order valence-electron chi connectivity index (χ1n) is 9.57. The third kappa shape index (κ3) is 3.90. The van der Waals surface area contributed by atoms with Gasteiger partial charge in [0.2, 0.25) is 5.60 Å². The van der Waals surface area contributed by atoms with Crippen LogP contribution in [0.15, 0.2) is 18.5 Å². The average Bonchev–Trinajstić information content (AvgIpc) is 3.27. The largest absolute Gasteiger partial charge is 0.463 e. The van der Waals surface area contributed by atoms with Crippen LogP contribution in [0.1, 0.15) is 26.5 Å². The van der Waals surface area contributed by atoms with Crippen LogP contribution >= 0.6 is 0 Å². The van der Waals surface area contributed by atoms with Crippen LogP contribution in [0, 0.1) is 17.2 Å². The van der Waals surface area contributed by atoms with Gasteiger partial charge in [0.1, 0.15) is 42.8 Å². The molecule has 2 aromatic heterocycles. The lowest BCUT2D eigenvalue weighted by molar-refractivity contribution is -0.161. The normalized spacial score (nSPS) is 26.5. The molecule has 1 aliphatic heterocycles. The van der Waals surface area contributed by atoms with E-state index in [9.17, 15) is 20.0 Å². The average molecular weight is 432 g/mol. The standard InChI is InChI=1S/C19H24N6O6/c1-9(2)14(21)18(28)30-15-12(6-29-10(3)26)31-19(7-20,16(15)27)13-5-4-11-17(22)23-8-24-25(11)13/h4-5,8-9,12,14-16,27H,6,21H2,1-3H3,(H2,22,23,24)/t12-,14+,15-,16-,19+/m1/s1. The van der Waals surface area contributed by atoms with Crippen molar-refractivity contribution in [2.75, 3.05) is 12.3 Å². The molecule has 31 heavy (non-hydrogen) atoms. The number of esters is 2. The van der Waals surface area contributed by atoms with E-state index in [1.807, 2.05) is 6.07 Å². The van der Waals surface area contributed by atoms with E-state index in [4.69, 9.17) is 25.7 Å². The molecule has 2 aromatic rings. The second-order valence-electron chi connectivity index (χ2n) is 7.58. The summed E-state index contributed by atoms with van der Waals surface area (Å²) in [5, 5.41) is 25.2. The van der Waals surface area contributed by atoms with Crippen molar-refractivity contribution < 1.29 is 28.9 Å². The van der Waals surface area contributed by atoms with Gasteiger partial charge in [-0.2, -0.15) is 10.4 Å². The summed E-state index contributed by atoms with van der Waals surface area (Å²) in [5.74, 6) is -1.46. The molecule has 3 rings (SSSR count). The van der Waals surface area contributed by atoms with Gasteiger partial charge in [0, 0.05) is 6.92 Å². The number of ether oxygens (including phenoxy) is 3. The molecule has 3 heterocycles. The van der Waals surface area contributed by atoms with E-state index in [1.54, 1.807) is 19.9 Å². The Morgan fingerprint density at radius 2 is 2.16 bits per heavy atom. The summed E-state index contributed by atoms with van der Waals surface area (Å²) in [5.41, 5.74) is 10.2. The van der Waals surface area contributed by atoms with Crippen molar-refractivity contribution in [3.63, 3.8) is 0 Å². The van der Waals surface area contributed by atoms with Gasteiger partial charge >= 0.3 is 11.9 Å². The van der Waals surface area contributed by atoms with Gasteiger partial charge in [-0.25, -0.2) is 9.50 Å². The molecule has 0 saturated carbocycles. The number of hydrogen-bond acceptors (Lipinski definition) is 11. The van der Waals surface area contributed by atoms with Crippen LogP contribution in [0.4, 0.5) is 5.82 Å². The van der Waals surface area contributed by atoms with Crippen LogP contribution in [0.25, 0.3) is 5.52 Å². The first-order valence-corrected chi connectivity index (χ1v) is 9.57. The molecule has 12 nitrogen and oxygen atoms in total. The highest BCUT2D eigenvalue weighted by molar-refractivity contribution is 5.76. The monoisotopic (exact) mass is 432 g/mol. The molecular formula is C19H24N6O6. The highest BCUT2D eigenvalue weighted by Gasteiger charge is 2.60. The summed E-state index contributed by atoms with van der Waals surface area (Å²) in [6, 6.07) is 4.06. The van der Waals surface area contributed by atoms with Gasteiger partial charge in [0.15, 0.2) is 11.9 Å². The summed E-state index contributed by atoms with van der Waals surface area (Å²) in [7, 11) is 0. The Labute approximate surface area is 177 Å². The van der Waals surface area contributed by atoms with Crippen molar-refractivity contribution in [1.29, 1.82) is 5.26 Å². The predicted octanol–water partition coefficient (Wildman–Crippen LogP) is -0.752. The van der Waals surface area contributed by atoms with E-state index < -0.39 is 41.9 Å². The van der Waals surface area contributed by atoms with Gasteiger partial charge in [-0.15, -0.1) is 0 Å². The molecule has 0 aromatic carbocycles. The van der Waals surface area contributed by atoms with Gasteiger partial charge in [-0.1, -0.05) is 13.8 Å². The Kier molecular flexibility index (Phi) is 6.12.